The van der Waals surface area contributed by atoms with Crippen molar-refractivity contribution in [3.8, 4) is 5.69 Å². The summed E-state index contributed by atoms with van der Waals surface area (Å²) in [4.78, 5) is 21.5. The third kappa shape index (κ3) is 4.82. The molecule has 1 aromatic carbocycles. The zero-order chi connectivity index (χ0) is 20.9. The van der Waals surface area contributed by atoms with Gasteiger partial charge in [-0.1, -0.05) is 53.9 Å². The summed E-state index contributed by atoms with van der Waals surface area (Å²) in [5.74, 6) is 0.270. The Morgan fingerprint density at radius 1 is 1.23 bits per heavy atom. The number of aryl methyl sites for hydroxylation is 1. The molecule has 1 fully saturated rings. The number of carbonyl (C=O) groups is 1. The van der Waals surface area contributed by atoms with Crippen molar-refractivity contribution in [2.75, 3.05) is 0 Å². The minimum absolute atomic E-state index is 0.184. The molecule has 4 rings (SSSR count). The van der Waals surface area contributed by atoms with E-state index in [2.05, 4.69) is 25.6 Å². The van der Waals surface area contributed by atoms with Gasteiger partial charge in [0, 0.05) is 29.2 Å². The van der Waals surface area contributed by atoms with Gasteiger partial charge in [-0.2, -0.15) is 0 Å². The fourth-order valence-corrected chi connectivity index (χ4v) is 4.49. The average molecular weight is 443 g/mol. The van der Waals surface area contributed by atoms with Gasteiger partial charge in [-0.15, -0.1) is 5.10 Å². The standard InChI is InChI=1S/C21H23ClN6OS/c1-14-8-9-16(12-17(14)22)28-18(13-30-21-23-10-5-11-24-21)19(26-27-28)20(29)25-15-6-3-2-4-7-15/h5,8-12,15H,2-4,6-7,13H2,1H3,(H,25,29). The van der Waals surface area contributed by atoms with E-state index >= 15 is 0 Å². The Balaban J connectivity index is 1.63. The van der Waals surface area contributed by atoms with Crippen molar-refractivity contribution in [2.45, 2.75) is 56.0 Å². The van der Waals surface area contributed by atoms with Gasteiger partial charge in [0.05, 0.1) is 11.4 Å². The maximum Gasteiger partial charge on any atom is 0.274 e. The van der Waals surface area contributed by atoms with Crippen LogP contribution in [0.1, 0.15) is 53.8 Å². The van der Waals surface area contributed by atoms with Crippen molar-refractivity contribution < 1.29 is 4.79 Å². The Morgan fingerprint density at radius 3 is 2.73 bits per heavy atom. The van der Waals surface area contributed by atoms with Gasteiger partial charge >= 0.3 is 0 Å². The first-order valence-corrected chi connectivity index (χ1v) is 11.4. The van der Waals surface area contributed by atoms with Gasteiger partial charge in [-0.3, -0.25) is 4.79 Å². The predicted octanol–water partition coefficient (Wildman–Crippen LogP) is 4.37. The second-order valence-electron chi connectivity index (χ2n) is 7.36. The van der Waals surface area contributed by atoms with Crippen LogP contribution in [0.15, 0.2) is 41.8 Å². The SMILES string of the molecule is Cc1ccc(-n2nnc(C(=O)NC3CCCCC3)c2CSc2ncccn2)cc1Cl. The molecule has 2 heterocycles. The molecule has 0 aliphatic heterocycles. The molecule has 2 aromatic heterocycles. The lowest BCUT2D eigenvalue weighted by Crippen LogP contribution is -2.36. The molecule has 1 saturated carbocycles. The molecule has 0 bridgehead atoms. The number of halogens is 1. The van der Waals surface area contributed by atoms with Crippen LogP contribution in [0.5, 0.6) is 0 Å². The molecular weight excluding hydrogens is 420 g/mol. The van der Waals surface area contributed by atoms with Crippen LogP contribution in [-0.4, -0.2) is 36.9 Å². The second-order valence-corrected chi connectivity index (χ2v) is 8.71. The first kappa shape index (κ1) is 20.8. The van der Waals surface area contributed by atoms with E-state index in [1.54, 1.807) is 23.1 Å². The lowest BCUT2D eigenvalue weighted by Gasteiger charge is -2.22. The number of carbonyl (C=O) groups excluding carboxylic acids is 1. The van der Waals surface area contributed by atoms with Gasteiger partial charge in [0.15, 0.2) is 10.9 Å². The summed E-state index contributed by atoms with van der Waals surface area (Å²) in [5.41, 5.74) is 2.77. The number of nitrogens with one attached hydrogen (secondary N) is 1. The van der Waals surface area contributed by atoms with Crippen LogP contribution in [0.25, 0.3) is 5.69 Å². The predicted molar refractivity (Wildman–Crippen MR) is 117 cm³/mol. The van der Waals surface area contributed by atoms with Crippen LogP contribution in [0, 0.1) is 6.92 Å². The maximum atomic E-state index is 13.0. The third-order valence-corrected chi connectivity index (χ3v) is 6.49. The number of hydrogen-bond acceptors (Lipinski definition) is 6. The molecule has 3 aromatic rings. The van der Waals surface area contributed by atoms with Gasteiger partial charge in [0.25, 0.3) is 5.91 Å². The lowest BCUT2D eigenvalue weighted by molar-refractivity contribution is 0.0922. The molecule has 7 nitrogen and oxygen atoms in total. The van der Waals surface area contributed by atoms with Crippen molar-refractivity contribution in [2.24, 2.45) is 0 Å². The van der Waals surface area contributed by atoms with Crippen LogP contribution >= 0.6 is 23.4 Å². The van der Waals surface area contributed by atoms with Crippen LogP contribution < -0.4 is 5.32 Å². The lowest BCUT2D eigenvalue weighted by atomic mass is 9.95. The zero-order valence-corrected chi connectivity index (χ0v) is 18.3. The molecule has 1 N–H and O–H groups in total. The summed E-state index contributed by atoms with van der Waals surface area (Å²) in [6, 6.07) is 7.65. The fraction of sp³-hybridized carbons (Fsp3) is 0.381. The van der Waals surface area contributed by atoms with E-state index < -0.39 is 0 Å². The average Bonchev–Trinajstić information content (AvgIpc) is 3.20. The number of nitrogens with zero attached hydrogens (tertiary/aromatic N) is 5. The van der Waals surface area contributed by atoms with Crippen LogP contribution in [0.4, 0.5) is 0 Å². The van der Waals surface area contributed by atoms with Gasteiger partial charge in [-0.05, 0) is 43.5 Å². The molecule has 9 heteroatoms. The molecule has 0 saturated heterocycles. The van der Waals surface area contributed by atoms with Gasteiger partial charge in [0.2, 0.25) is 0 Å². The topological polar surface area (TPSA) is 85.6 Å². The van der Waals surface area contributed by atoms with E-state index in [4.69, 9.17) is 11.6 Å². The van der Waals surface area contributed by atoms with E-state index in [1.165, 1.54) is 18.2 Å². The Morgan fingerprint density at radius 2 is 2.00 bits per heavy atom. The molecule has 156 valence electrons. The number of thioether (sulfide) groups is 1. The van der Waals surface area contributed by atoms with E-state index in [0.717, 1.165) is 36.9 Å². The van der Waals surface area contributed by atoms with Gasteiger partial charge < -0.3 is 5.32 Å². The number of benzene rings is 1. The largest absolute Gasteiger partial charge is 0.348 e. The van der Waals surface area contributed by atoms with Crippen molar-refractivity contribution in [1.82, 2.24) is 30.3 Å². The molecule has 1 aliphatic carbocycles. The van der Waals surface area contributed by atoms with Crippen molar-refractivity contribution in [3.63, 3.8) is 0 Å². The second kappa shape index (κ2) is 9.57. The zero-order valence-electron chi connectivity index (χ0n) is 16.7. The highest BCUT2D eigenvalue weighted by molar-refractivity contribution is 7.98. The van der Waals surface area contributed by atoms with Crippen LogP contribution in [0.3, 0.4) is 0 Å². The maximum absolute atomic E-state index is 13.0. The van der Waals surface area contributed by atoms with E-state index in [1.807, 2.05) is 25.1 Å². The summed E-state index contributed by atoms with van der Waals surface area (Å²) >= 11 is 7.76. The molecule has 0 atom stereocenters. The van der Waals surface area contributed by atoms with E-state index in [9.17, 15) is 4.79 Å². The minimum atomic E-state index is -0.184. The van der Waals surface area contributed by atoms with Gasteiger partial charge in [0.1, 0.15) is 0 Å². The molecule has 0 unspecified atom stereocenters. The highest BCUT2D eigenvalue weighted by Gasteiger charge is 2.24. The number of hydrogen-bond donors (Lipinski definition) is 1. The third-order valence-electron chi connectivity index (χ3n) is 5.20. The fourth-order valence-electron chi connectivity index (χ4n) is 3.52. The number of rotatable bonds is 6. The first-order valence-electron chi connectivity index (χ1n) is 10.0. The van der Waals surface area contributed by atoms with E-state index in [0.29, 0.717) is 27.3 Å². The molecule has 1 aliphatic rings. The highest BCUT2D eigenvalue weighted by atomic mass is 35.5. The Labute approximate surface area is 184 Å². The van der Waals surface area contributed by atoms with Crippen LogP contribution in [-0.2, 0) is 5.75 Å². The summed E-state index contributed by atoms with van der Waals surface area (Å²) in [7, 11) is 0. The molecule has 1 amide bonds. The summed E-state index contributed by atoms with van der Waals surface area (Å²) < 4.78 is 1.68. The first-order chi connectivity index (χ1) is 14.6. The summed E-state index contributed by atoms with van der Waals surface area (Å²) in [5, 5.41) is 12.9. The smallest absolute Gasteiger partial charge is 0.274 e. The van der Waals surface area contributed by atoms with Crippen molar-refractivity contribution in [3.05, 3.63) is 58.6 Å². The Bertz CT molecular complexity index is 1020. The molecule has 0 radical (unpaired) electrons. The summed E-state index contributed by atoms with van der Waals surface area (Å²) in [6.07, 6.45) is 8.93. The summed E-state index contributed by atoms with van der Waals surface area (Å²) in [6.45, 7) is 1.94. The van der Waals surface area contributed by atoms with E-state index in [-0.39, 0.29) is 11.9 Å². The van der Waals surface area contributed by atoms with Gasteiger partial charge in [-0.25, -0.2) is 14.6 Å². The van der Waals surface area contributed by atoms with Crippen LogP contribution in [0.2, 0.25) is 5.02 Å². The Kier molecular flexibility index (Phi) is 6.64. The number of aromatic nitrogens is 5. The number of amides is 1. The minimum Gasteiger partial charge on any atom is -0.348 e. The molecule has 0 spiro atoms. The van der Waals surface area contributed by atoms with Crippen molar-refractivity contribution >= 4 is 29.3 Å². The molecular formula is C21H23ClN6OS. The van der Waals surface area contributed by atoms with Crippen molar-refractivity contribution in [1.29, 1.82) is 0 Å². The highest BCUT2D eigenvalue weighted by Crippen LogP contribution is 2.26. The monoisotopic (exact) mass is 442 g/mol. The molecule has 30 heavy (non-hydrogen) atoms. The quantitative estimate of drug-likeness (QED) is 0.450. The Hall–Kier alpha value is -2.45. The normalized spacial score (nSPS) is 14.6.